The molecule has 1 aromatic heterocycles. The van der Waals surface area contributed by atoms with Crippen molar-refractivity contribution in [3.63, 3.8) is 0 Å². The predicted molar refractivity (Wildman–Crippen MR) is 136 cm³/mol. The van der Waals surface area contributed by atoms with Gasteiger partial charge in [-0.1, -0.05) is 24.1 Å². The molecule has 2 aliphatic rings. The zero-order chi connectivity index (χ0) is 25.2. The van der Waals surface area contributed by atoms with E-state index in [9.17, 15) is 13.6 Å². The molecule has 0 spiro atoms. The molecule has 1 fully saturated rings. The second-order valence-corrected chi connectivity index (χ2v) is 9.76. The van der Waals surface area contributed by atoms with E-state index < -0.39 is 17.2 Å². The molecule has 2 heterocycles. The number of halogens is 2. The standard InChI is InChI=1S/C26H28F2N4O3S/c1-34-24-5-3-4-17-6-7-21(15-22(17)24)35-25-23(30-8-10-31(36-2)11-9-30)16-29-32(26(25)33)20-13-18(27)12-19(28)14-20/h3-5,12-14,16,21H,6-11,15H2,1-2H3. The first kappa shape index (κ1) is 24.6. The van der Waals surface area contributed by atoms with Crippen molar-refractivity contribution in [2.75, 3.05) is 44.4 Å². The minimum atomic E-state index is -0.783. The van der Waals surface area contributed by atoms with Gasteiger partial charge in [-0.05, 0) is 42.9 Å². The van der Waals surface area contributed by atoms with Crippen LogP contribution in [0.1, 0.15) is 17.5 Å². The number of methoxy groups -OCH3 is 1. The summed E-state index contributed by atoms with van der Waals surface area (Å²) in [5.41, 5.74) is 2.35. The molecule has 3 aromatic rings. The quantitative estimate of drug-likeness (QED) is 0.463. The summed E-state index contributed by atoms with van der Waals surface area (Å²) in [6.45, 7) is 3.07. The second-order valence-electron chi connectivity index (χ2n) is 8.88. The minimum absolute atomic E-state index is 0.0109. The van der Waals surface area contributed by atoms with E-state index in [0.29, 0.717) is 25.2 Å². The maximum absolute atomic E-state index is 13.9. The average Bonchev–Trinajstić information content (AvgIpc) is 2.89. The van der Waals surface area contributed by atoms with Gasteiger partial charge in [0.2, 0.25) is 5.75 Å². The zero-order valence-electron chi connectivity index (χ0n) is 20.2. The van der Waals surface area contributed by atoms with Gasteiger partial charge in [-0.3, -0.25) is 4.79 Å². The summed E-state index contributed by atoms with van der Waals surface area (Å²) in [6, 6.07) is 8.92. The summed E-state index contributed by atoms with van der Waals surface area (Å²) in [5, 5.41) is 4.27. The fraction of sp³-hybridized carbons (Fsp3) is 0.385. The van der Waals surface area contributed by atoms with Gasteiger partial charge in [-0.15, -0.1) is 0 Å². The minimum Gasteiger partial charge on any atom is -0.496 e. The van der Waals surface area contributed by atoms with Gasteiger partial charge < -0.3 is 14.4 Å². The van der Waals surface area contributed by atoms with E-state index in [4.69, 9.17) is 9.47 Å². The van der Waals surface area contributed by atoms with E-state index in [2.05, 4.69) is 20.4 Å². The molecular weight excluding hydrogens is 486 g/mol. The topological polar surface area (TPSA) is 59.8 Å². The van der Waals surface area contributed by atoms with E-state index in [1.54, 1.807) is 25.3 Å². The van der Waals surface area contributed by atoms with Crippen molar-refractivity contribution in [1.29, 1.82) is 0 Å². The molecule has 1 aliphatic carbocycles. The van der Waals surface area contributed by atoms with E-state index in [1.807, 2.05) is 18.4 Å². The molecule has 0 N–H and O–H groups in total. The van der Waals surface area contributed by atoms with Crippen LogP contribution in [0.5, 0.6) is 11.5 Å². The molecule has 1 atom stereocenters. The van der Waals surface area contributed by atoms with Gasteiger partial charge in [0, 0.05) is 44.2 Å². The van der Waals surface area contributed by atoms with Gasteiger partial charge in [0.15, 0.2) is 0 Å². The Hall–Kier alpha value is -3.11. The van der Waals surface area contributed by atoms with Gasteiger partial charge in [0.05, 0.1) is 19.0 Å². The third-order valence-corrected chi connectivity index (χ3v) is 7.63. The van der Waals surface area contributed by atoms with Crippen molar-refractivity contribution < 1.29 is 18.3 Å². The van der Waals surface area contributed by atoms with Gasteiger partial charge >= 0.3 is 5.56 Å². The highest BCUT2D eigenvalue weighted by Crippen LogP contribution is 2.33. The van der Waals surface area contributed by atoms with Crippen LogP contribution < -0.4 is 19.9 Å². The number of aromatic nitrogens is 2. The molecule has 190 valence electrons. The molecule has 0 saturated carbocycles. The number of ether oxygens (including phenoxy) is 2. The average molecular weight is 515 g/mol. The Morgan fingerprint density at radius 1 is 1.08 bits per heavy atom. The maximum Gasteiger partial charge on any atom is 0.316 e. The highest BCUT2D eigenvalue weighted by atomic mass is 32.2. The smallest absolute Gasteiger partial charge is 0.316 e. The van der Waals surface area contributed by atoms with Crippen LogP contribution in [0.2, 0.25) is 0 Å². The zero-order valence-corrected chi connectivity index (χ0v) is 21.1. The Kier molecular flexibility index (Phi) is 7.15. The van der Waals surface area contributed by atoms with Gasteiger partial charge in [0.1, 0.15) is 29.2 Å². The SMILES string of the molecule is COc1cccc2c1CC(Oc1c(N3CCN(SC)CC3)cnn(-c3cc(F)cc(F)c3)c1=O)CC2. The third kappa shape index (κ3) is 4.92. The van der Waals surface area contributed by atoms with Crippen molar-refractivity contribution in [3.8, 4) is 17.2 Å². The number of piperazine rings is 1. The predicted octanol–water partition coefficient (Wildman–Crippen LogP) is 3.86. The van der Waals surface area contributed by atoms with E-state index in [1.165, 1.54) is 5.56 Å². The molecule has 10 heteroatoms. The Labute approximate surface area is 212 Å². The van der Waals surface area contributed by atoms with E-state index in [-0.39, 0.29) is 17.5 Å². The summed E-state index contributed by atoms with van der Waals surface area (Å²) >= 11 is 1.69. The monoisotopic (exact) mass is 514 g/mol. The van der Waals surface area contributed by atoms with Crippen molar-refractivity contribution in [1.82, 2.24) is 14.1 Å². The van der Waals surface area contributed by atoms with Gasteiger partial charge in [0.25, 0.3) is 0 Å². The number of nitrogens with zero attached hydrogens (tertiary/aromatic N) is 4. The van der Waals surface area contributed by atoms with E-state index in [0.717, 1.165) is 60.1 Å². The molecule has 2 aromatic carbocycles. The Bertz CT molecular complexity index is 1280. The Balaban J connectivity index is 1.52. The summed E-state index contributed by atoms with van der Waals surface area (Å²) in [5.74, 6) is -0.615. The second kappa shape index (κ2) is 10.5. The molecule has 0 radical (unpaired) electrons. The van der Waals surface area contributed by atoms with Gasteiger partial charge in [-0.25, -0.2) is 13.1 Å². The third-order valence-electron chi connectivity index (χ3n) is 6.75. The molecule has 1 aliphatic heterocycles. The highest BCUT2D eigenvalue weighted by Gasteiger charge is 2.28. The molecule has 7 nitrogen and oxygen atoms in total. The lowest BCUT2D eigenvalue weighted by atomic mass is 9.89. The molecule has 0 amide bonds. The number of rotatable bonds is 6. The molecule has 0 bridgehead atoms. The largest absolute Gasteiger partial charge is 0.496 e. The van der Waals surface area contributed by atoms with Crippen molar-refractivity contribution >= 4 is 17.6 Å². The van der Waals surface area contributed by atoms with Crippen LogP contribution in [0, 0.1) is 11.6 Å². The lowest BCUT2D eigenvalue weighted by molar-refractivity contribution is 0.179. The van der Waals surface area contributed by atoms with Crippen molar-refractivity contribution in [2.24, 2.45) is 0 Å². The Morgan fingerprint density at radius 2 is 1.83 bits per heavy atom. The molecule has 1 saturated heterocycles. The number of hydrogen-bond donors (Lipinski definition) is 0. The van der Waals surface area contributed by atoms with Crippen LogP contribution >= 0.6 is 11.9 Å². The number of anilines is 1. The molecular formula is C26H28F2N4O3S. The lowest BCUT2D eigenvalue weighted by Gasteiger charge is -2.35. The molecule has 36 heavy (non-hydrogen) atoms. The molecule has 1 unspecified atom stereocenters. The summed E-state index contributed by atoms with van der Waals surface area (Å²) < 4.78 is 43.1. The fourth-order valence-electron chi connectivity index (χ4n) is 4.90. The number of hydrogen-bond acceptors (Lipinski definition) is 7. The first-order valence-electron chi connectivity index (χ1n) is 11.9. The fourth-order valence-corrected chi connectivity index (χ4v) is 5.43. The number of benzene rings is 2. The van der Waals surface area contributed by atoms with Crippen LogP contribution in [0.3, 0.4) is 0 Å². The lowest BCUT2D eigenvalue weighted by Crippen LogP contribution is -2.44. The van der Waals surface area contributed by atoms with Gasteiger partial charge in [-0.2, -0.15) is 9.78 Å². The summed E-state index contributed by atoms with van der Waals surface area (Å²) in [7, 11) is 1.64. The van der Waals surface area contributed by atoms with E-state index >= 15 is 0 Å². The normalized spacial score (nSPS) is 18.1. The first-order chi connectivity index (χ1) is 17.5. The van der Waals surface area contributed by atoms with Crippen LogP contribution in [0.25, 0.3) is 5.69 Å². The van der Waals surface area contributed by atoms with Crippen LogP contribution in [0.15, 0.2) is 47.4 Å². The summed E-state index contributed by atoms with van der Waals surface area (Å²) in [4.78, 5) is 15.8. The first-order valence-corrected chi connectivity index (χ1v) is 13.1. The maximum atomic E-state index is 13.9. The van der Waals surface area contributed by atoms with Crippen molar-refractivity contribution in [3.05, 3.63) is 75.7 Å². The highest BCUT2D eigenvalue weighted by molar-refractivity contribution is 7.96. The molecule has 5 rings (SSSR count). The van der Waals surface area contributed by atoms with Crippen LogP contribution in [-0.4, -0.2) is 59.7 Å². The number of fused-ring (bicyclic) bond motifs is 1. The number of aryl methyl sites for hydroxylation is 1. The van der Waals surface area contributed by atoms with Crippen molar-refractivity contribution in [2.45, 2.75) is 25.4 Å². The Morgan fingerprint density at radius 3 is 2.53 bits per heavy atom. The van der Waals surface area contributed by atoms with Crippen LogP contribution in [0.4, 0.5) is 14.5 Å². The summed E-state index contributed by atoms with van der Waals surface area (Å²) in [6.07, 6.45) is 5.47. The van der Waals surface area contributed by atoms with Crippen LogP contribution in [-0.2, 0) is 12.8 Å².